The van der Waals surface area contributed by atoms with Crippen LogP contribution in [0.2, 0.25) is 0 Å². The summed E-state index contributed by atoms with van der Waals surface area (Å²) in [6.45, 7) is 11.4. The molecule has 0 saturated carbocycles. The molecule has 0 bridgehead atoms. The zero-order chi connectivity index (χ0) is 34.0. The first kappa shape index (κ1) is 39.1. The molecule has 0 fully saturated rings. The minimum Gasteiger partial charge on any atom is -0.445 e. The minimum atomic E-state index is -0.938. The van der Waals surface area contributed by atoms with Crippen molar-refractivity contribution in [3.63, 3.8) is 0 Å². The highest BCUT2D eigenvalue weighted by atomic mass is 16.6. The van der Waals surface area contributed by atoms with Gasteiger partial charge in [-0.2, -0.15) is 0 Å². The van der Waals surface area contributed by atoms with Gasteiger partial charge in [-0.1, -0.05) is 38.1 Å². The van der Waals surface area contributed by atoms with Crippen LogP contribution in [-0.4, -0.2) is 99.4 Å². The molecular formula is C31H52N6O8. The Balaban J connectivity index is 2.82. The molecule has 0 radical (unpaired) electrons. The van der Waals surface area contributed by atoms with E-state index < -0.39 is 41.8 Å². The first-order valence-corrected chi connectivity index (χ1v) is 15.1. The van der Waals surface area contributed by atoms with E-state index in [1.54, 1.807) is 73.0 Å². The Bertz CT molecular complexity index is 1090. The summed E-state index contributed by atoms with van der Waals surface area (Å²) in [7, 11) is 3.28. The van der Waals surface area contributed by atoms with Crippen LogP contribution in [0.4, 0.5) is 14.4 Å². The molecule has 6 N–H and O–H groups in total. The van der Waals surface area contributed by atoms with Crippen LogP contribution in [0.15, 0.2) is 24.3 Å². The summed E-state index contributed by atoms with van der Waals surface area (Å²) in [6.07, 6.45) is -0.539. The molecule has 1 aromatic carbocycles. The van der Waals surface area contributed by atoms with E-state index in [0.29, 0.717) is 38.2 Å². The normalized spacial score (nSPS) is 12.5. The van der Waals surface area contributed by atoms with Crippen LogP contribution in [0.25, 0.3) is 0 Å². The number of hydrogen-bond acceptors (Lipinski definition) is 9. The van der Waals surface area contributed by atoms with Crippen LogP contribution in [0.1, 0.15) is 58.6 Å². The number of urea groups is 1. The molecule has 0 aliphatic rings. The van der Waals surface area contributed by atoms with E-state index in [9.17, 15) is 24.0 Å². The highest BCUT2D eigenvalue weighted by Gasteiger charge is 2.30. The third-order valence-electron chi connectivity index (χ3n) is 6.48. The van der Waals surface area contributed by atoms with Crippen molar-refractivity contribution in [2.45, 2.75) is 78.2 Å². The fraction of sp³-hybridized carbons (Fsp3) is 0.645. The van der Waals surface area contributed by atoms with E-state index in [4.69, 9.17) is 19.9 Å². The predicted molar refractivity (Wildman–Crippen MR) is 169 cm³/mol. The van der Waals surface area contributed by atoms with Crippen LogP contribution in [0.5, 0.6) is 0 Å². The number of carbonyl (C=O) groups is 5. The lowest BCUT2D eigenvalue weighted by molar-refractivity contribution is -0.129. The Morgan fingerprint density at radius 3 is 2.18 bits per heavy atom. The molecule has 14 heteroatoms. The largest absolute Gasteiger partial charge is 0.445 e. The van der Waals surface area contributed by atoms with E-state index in [1.165, 1.54) is 4.90 Å². The summed E-state index contributed by atoms with van der Waals surface area (Å²) in [4.78, 5) is 63.8. The number of nitrogens with one attached hydrogen (secondary N) is 4. The lowest BCUT2D eigenvalue weighted by atomic mass is 9.97. The van der Waals surface area contributed by atoms with E-state index in [1.807, 2.05) is 0 Å². The van der Waals surface area contributed by atoms with Crippen molar-refractivity contribution in [3.8, 4) is 0 Å². The summed E-state index contributed by atoms with van der Waals surface area (Å²) in [5.41, 5.74) is 5.85. The third-order valence-corrected chi connectivity index (χ3v) is 6.48. The molecular weight excluding hydrogens is 584 g/mol. The number of nitrogens with zero attached hydrogens (tertiary/aromatic N) is 1. The standard InChI is InChI=1S/C31H52N6O8/c1-21(2)26(36-29(41)45-31(3,4)5)27(39)35-24(9-8-14-34-28(32)40)25(38)19-22-10-12-23(13-11-22)20-44-30(42)37(6)17-15-33-16-18-43-7/h10-13,21,24,26,33H,8-9,14-20H2,1-7H3,(H,35,39)(H,36,41)(H3,32,34,40)/t24-,26-/m0/s1. The van der Waals surface area contributed by atoms with Gasteiger partial charge in [-0.05, 0) is 50.7 Å². The molecule has 1 rings (SSSR count). The van der Waals surface area contributed by atoms with Crippen LogP contribution >= 0.6 is 0 Å². The Morgan fingerprint density at radius 2 is 1.60 bits per heavy atom. The number of primary amides is 1. The number of carbonyl (C=O) groups excluding carboxylic acids is 5. The second-order valence-electron chi connectivity index (χ2n) is 12.0. The number of likely N-dealkylation sites (N-methyl/N-ethyl adjacent to an activating group) is 1. The Hall–Kier alpha value is -3.91. The fourth-order valence-electron chi connectivity index (χ4n) is 4.03. The molecule has 0 saturated heterocycles. The Morgan fingerprint density at radius 1 is 0.956 bits per heavy atom. The summed E-state index contributed by atoms with van der Waals surface area (Å²) >= 11 is 0. The molecule has 254 valence electrons. The SMILES string of the molecule is COCCNCCN(C)C(=O)OCc1ccc(CC(=O)[C@H](CCCNC(N)=O)NC(=O)[C@@H](NC(=O)OC(C)(C)C)C(C)C)cc1. The summed E-state index contributed by atoms with van der Waals surface area (Å²) in [5.74, 6) is -1.06. The van der Waals surface area contributed by atoms with Crippen LogP contribution < -0.4 is 27.0 Å². The molecule has 0 aliphatic carbocycles. The van der Waals surface area contributed by atoms with Gasteiger partial charge in [0.05, 0.1) is 12.6 Å². The minimum absolute atomic E-state index is 0.0267. The summed E-state index contributed by atoms with van der Waals surface area (Å²) in [6, 6.07) is 4.56. The number of amides is 5. The maximum atomic E-state index is 13.4. The maximum Gasteiger partial charge on any atom is 0.409 e. The third kappa shape index (κ3) is 17.2. The molecule has 2 atom stereocenters. The highest BCUT2D eigenvalue weighted by Crippen LogP contribution is 2.12. The van der Waals surface area contributed by atoms with Crippen molar-refractivity contribution >= 4 is 29.9 Å². The maximum absolute atomic E-state index is 13.4. The van der Waals surface area contributed by atoms with Gasteiger partial charge in [0.1, 0.15) is 18.2 Å². The number of benzene rings is 1. The molecule has 0 aliphatic heterocycles. The number of Topliss-reactive ketones (excluding diaryl/α,β-unsaturated/α-hetero) is 1. The average Bonchev–Trinajstić information content (AvgIpc) is 2.95. The molecule has 5 amide bonds. The average molecular weight is 637 g/mol. The summed E-state index contributed by atoms with van der Waals surface area (Å²) in [5, 5.41) is 11.0. The number of nitrogens with two attached hydrogens (primary N) is 1. The number of ether oxygens (including phenoxy) is 3. The van der Waals surface area contributed by atoms with Crippen molar-refractivity contribution in [2.24, 2.45) is 11.7 Å². The van der Waals surface area contributed by atoms with Crippen LogP contribution in [0, 0.1) is 5.92 Å². The number of ketones is 1. The monoisotopic (exact) mass is 636 g/mol. The topological polar surface area (TPSA) is 190 Å². The molecule has 45 heavy (non-hydrogen) atoms. The molecule has 0 aromatic heterocycles. The Kier molecular flexibility index (Phi) is 17.5. The predicted octanol–water partition coefficient (Wildman–Crippen LogP) is 2.09. The number of alkyl carbamates (subject to hydrolysis) is 1. The number of methoxy groups -OCH3 is 1. The van der Waals surface area contributed by atoms with Crippen molar-refractivity contribution < 1.29 is 38.2 Å². The molecule has 0 unspecified atom stereocenters. The number of rotatable bonds is 19. The lowest BCUT2D eigenvalue weighted by Gasteiger charge is -2.27. The number of hydrogen-bond donors (Lipinski definition) is 5. The second-order valence-corrected chi connectivity index (χ2v) is 12.0. The zero-order valence-electron chi connectivity index (χ0n) is 27.7. The van der Waals surface area contributed by atoms with E-state index >= 15 is 0 Å². The van der Waals surface area contributed by atoms with E-state index in [-0.39, 0.29) is 37.7 Å². The molecule has 0 heterocycles. The van der Waals surface area contributed by atoms with Gasteiger partial charge in [-0.15, -0.1) is 0 Å². The van der Waals surface area contributed by atoms with Crippen molar-refractivity contribution in [3.05, 3.63) is 35.4 Å². The van der Waals surface area contributed by atoms with Gasteiger partial charge in [-0.25, -0.2) is 14.4 Å². The zero-order valence-corrected chi connectivity index (χ0v) is 27.7. The van der Waals surface area contributed by atoms with Crippen LogP contribution in [0.3, 0.4) is 0 Å². The Labute approximate surface area is 266 Å². The second kappa shape index (κ2) is 20.2. The fourth-order valence-corrected chi connectivity index (χ4v) is 4.03. The van der Waals surface area contributed by atoms with Gasteiger partial charge in [0.15, 0.2) is 5.78 Å². The molecule has 14 nitrogen and oxygen atoms in total. The quantitative estimate of drug-likeness (QED) is 0.142. The van der Waals surface area contributed by atoms with Crippen molar-refractivity contribution in [2.75, 3.05) is 46.9 Å². The van der Waals surface area contributed by atoms with Gasteiger partial charge >= 0.3 is 18.2 Å². The first-order chi connectivity index (χ1) is 21.1. The van der Waals surface area contributed by atoms with E-state index in [0.717, 1.165) is 5.56 Å². The smallest absolute Gasteiger partial charge is 0.409 e. The van der Waals surface area contributed by atoms with Gasteiger partial charge in [0, 0.05) is 46.8 Å². The van der Waals surface area contributed by atoms with Gasteiger partial charge in [0.2, 0.25) is 5.91 Å². The van der Waals surface area contributed by atoms with Crippen LogP contribution in [-0.2, 0) is 36.8 Å². The molecule has 0 spiro atoms. The van der Waals surface area contributed by atoms with Gasteiger partial charge < -0.3 is 46.1 Å². The lowest BCUT2D eigenvalue weighted by Crippen LogP contribution is -2.54. The van der Waals surface area contributed by atoms with Crippen molar-refractivity contribution in [1.82, 2.24) is 26.2 Å². The molecule has 1 aromatic rings. The first-order valence-electron chi connectivity index (χ1n) is 15.1. The highest BCUT2D eigenvalue weighted by molar-refractivity contribution is 5.93. The summed E-state index contributed by atoms with van der Waals surface area (Å²) < 4.78 is 15.6. The van der Waals surface area contributed by atoms with Gasteiger partial charge in [0.25, 0.3) is 0 Å². The van der Waals surface area contributed by atoms with Gasteiger partial charge in [-0.3, -0.25) is 9.59 Å². The van der Waals surface area contributed by atoms with E-state index in [2.05, 4.69) is 21.3 Å². The van der Waals surface area contributed by atoms with Crippen molar-refractivity contribution in [1.29, 1.82) is 0 Å².